The molecule has 5 rings (SSSR count). The molecular formula is C27H26ClF2N5O2S. The summed E-state index contributed by atoms with van der Waals surface area (Å²) < 4.78 is 58.6. The van der Waals surface area contributed by atoms with Crippen molar-refractivity contribution in [1.29, 1.82) is 0 Å². The van der Waals surface area contributed by atoms with Gasteiger partial charge in [-0.3, -0.25) is 4.72 Å². The highest BCUT2D eigenvalue weighted by Crippen LogP contribution is 2.35. The van der Waals surface area contributed by atoms with E-state index >= 15 is 8.78 Å². The van der Waals surface area contributed by atoms with Gasteiger partial charge in [-0.1, -0.05) is 30.7 Å². The fourth-order valence-corrected chi connectivity index (χ4v) is 6.20. The van der Waals surface area contributed by atoms with E-state index in [9.17, 15) is 8.42 Å². The van der Waals surface area contributed by atoms with Gasteiger partial charge in [-0.25, -0.2) is 27.2 Å². The molecule has 3 N–H and O–H groups in total. The van der Waals surface area contributed by atoms with Crippen molar-refractivity contribution in [2.45, 2.75) is 37.1 Å². The van der Waals surface area contributed by atoms with Gasteiger partial charge < -0.3 is 10.6 Å². The van der Waals surface area contributed by atoms with Crippen LogP contribution in [0.1, 0.15) is 25.3 Å². The number of nitrogens with zero attached hydrogens (tertiary/aromatic N) is 2. The first-order valence-electron chi connectivity index (χ1n) is 12.3. The number of hydrogen-bond acceptors (Lipinski definition) is 6. The fraction of sp³-hybridized carbons (Fsp3) is 0.259. The molecule has 11 heteroatoms. The minimum absolute atomic E-state index is 0.0153. The van der Waals surface area contributed by atoms with Crippen molar-refractivity contribution in [2.24, 2.45) is 0 Å². The molecule has 0 spiro atoms. The number of fused-ring (bicyclic) bond motifs is 1. The summed E-state index contributed by atoms with van der Waals surface area (Å²) in [4.78, 5) is 8.90. The standard InChI is InChI=1S/C27H26ClF2N5O2S/c1-2-16-12-17(13-18-14-32-27(34-26(16)18)33-19-6-5-11-31-15-19)24-21(29)9-10-22(25(24)30)35-38(36,37)23-8-4-3-7-20(23)28/h3-4,7-10,12-14,19,31,35H,2,5-6,11,15H2,1H3,(H,32,33,34). The molecule has 1 atom stereocenters. The Morgan fingerprint density at radius 3 is 2.71 bits per heavy atom. The van der Waals surface area contributed by atoms with Crippen LogP contribution in [0.2, 0.25) is 5.02 Å². The number of benzene rings is 3. The van der Waals surface area contributed by atoms with E-state index < -0.39 is 27.3 Å². The molecule has 1 aliphatic heterocycles. The SMILES string of the molecule is CCc1cc(-c2c(F)ccc(NS(=O)(=O)c3ccccc3Cl)c2F)cc2cnc(NC3CCCNC3)nc12. The Kier molecular flexibility index (Phi) is 7.47. The van der Waals surface area contributed by atoms with E-state index in [4.69, 9.17) is 11.6 Å². The zero-order chi connectivity index (χ0) is 26.9. The van der Waals surface area contributed by atoms with E-state index in [1.165, 1.54) is 18.2 Å². The Morgan fingerprint density at radius 1 is 1.16 bits per heavy atom. The van der Waals surface area contributed by atoms with Crippen LogP contribution in [0, 0.1) is 11.6 Å². The zero-order valence-corrected chi connectivity index (χ0v) is 22.1. The molecule has 2 heterocycles. The molecule has 1 unspecified atom stereocenters. The van der Waals surface area contributed by atoms with E-state index in [0.717, 1.165) is 43.6 Å². The summed E-state index contributed by atoms with van der Waals surface area (Å²) in [5.41, 5.74) is 0.983. The number of aromatic nitrogens is 2. The summed E-state index contributed by atoms with van der Waals surface area (Å²) in [6, 6.07) is 11.4. The lowest BCUT2D eigenvalue weighted by molar-refractivity contribution is 0.478. The van der Waals surface area contributed by atoms with Crippen LogP contribution in [0.5, 0.6) is 0 Å². The quantitative estimate of drug-likeness (QED) is 0.267. The van der Waals surface area contributed by atoms with E-state index in [0.29, 0.717) is 23.3 Å². The Balaban J connectivity index is 1.52. The Morgan fingerprint density at radius 2 is 1.97 bits per heavy atom. The van der Waals surface area contributed by atoms with Crippen molar-refractivity contribution in [1.82, 2.24) is 15.3 Å². The molecule has 1 aliphatic rings. The van der Waals surface area contributed by atoms with Crippen molar-refractivity contribution in [3.8, 4) is 11.1 Å². The molecule has 1 aromatic heterocycles. The van der Waals surface area contributed by atoms with Gasteiger partial charge in [0, 0.05) is 24.2 Å². The lowest BCUT2D eigenvalue weighted by Crippen LogP contribution is -2.38. The number of anilines is 2. The molecule has 0 aliphatic carbocycles. The summed E-state index contributed by atoms with van der Waals surface area (Å²) in [5, 5.41) is 7.30. The van der Waals surface area contributed by atoms with Crippen molar-refractivity contribution in [3.05, 3.63) is 76.9 Å². The van der Waals surface area contributed by atoms with Crippen molar-refractivity contribution in [3.63, 3.8) is 0 Å². The molecule has 0 amide bonds. The van der Waals surface area contributed by atoms with Crippen LogP contribution in [0.25, 0.3) is 22.0 Å². The molecule has 7 nitrogen and oxygen atoms in total. The van der Waals surface area contributed by atoms with Crippen LogP contribution >= 0.6 is 11.6 Å². The van der Waals surface area contributed by atoms with Crippen molar-refractivity contribution in [2.75, 3.05) is 23.1 Å². The van der Waals surface area contributed by atoms with Gasteiger partial charge in [-0.15, -0.1) is 0 Å². The topological polar surface area (TPSA) is 96.0 Å². The summed E-state index contributed by atoms with van der Waals surface area (Å²) in [6.45, 7) is 3.76. The molecule has 3 aromatic carbocycles. The lowest BCUT2D eigenvalue weighted by Gasteiger charge is -2.23. The van der Waals surface area contributed by atoms with Gasteiger partial charge >= 0.3 is 0 Å². The van der Waals surface area contributed by atoms with Gasteiger partial charge in [-0.05, 0) is 73.3 Å². The first-order chi connectivity index (χ1) is 18.3. The van der Waals surface area contributed by atoms with Gasteiger partial charge in [0.05, 0.1) is 21.8 Å². The highest BCUT2D eigenvalue weighted by Gasteiger charge is 2.23. The molecule has 198 valence electrons. The predicted molar refractivity (Wildman–Crippen MR) is 146 cm³/mol. The monoisotopic (exact) mass is 557 g/mol. The largest absolute Gasteiger partial charge is 0.350 e. The maximum Gasteiger partial charge on any atom is 0.263 e. The number of hydrogen-bond donors (Lipinski definition) is 3. The third-order valence-electron chi connectivity index (χ3n) is 6.52. The highest BCUT2D eigenvalue weighted by molar-refractivity contribution is 7.92. The number of aryl methyl sites for hydroxylation is 1. The number of rotatable bonds is 7. The second-order valence-electron chi connectivity index (χ2n) is 9.13. The van der Waals surface area contributed by atoms with Gasteiger partial charge in [0.2, 0.25) is 5.95 Å². The van der Waals surface area contributed by atoms with E-state index in [1.807, 2.05) is 6.92 Å². The number of nitrogens with one attached hydrogen (secondary N) is 3. The van der Waals surface area contributed by atoms with E-state index in [-0.39, 0.29) is 27.1 Å². The number of piperidine rings is 1. The number of halogens is 3. The normalized spacial score (nSPS) is 15.9. The van der Waals surface area contributed by atoms with Gasteiger partial charge in [0.25, 0.3) is 10.0 Å². The Hall–Kier alpha value is -3.34. The number of sulfonamides is 1. The van der Waals surface area contributed by atoms with Gasteiger partial charge in [-0.2, -0.15) is 0 Å². The smallest absolute Gasteiger partial charge is 0.263 e. The summed E-state index contributed by atoms with van der Waals surface area (Å²) in [6.07, 6.45) is 4.28. The minimum atomic E-state index is -4.22. The molecule has 38 heavy (non-hydrogen) atoms. The fourth-order valence-electron chi connectivity index (χ4n) is 4.62. The van der Waals surface area contributed by atoms with Crippen LogP contribution in [0.4, 0.5) is 20.4 Å². The van der Waals surface area contributed by atoms with Crippen LogP contribution in [-0.4, -0.2) is 37.5 Å². The summed E-state index contributed by atoms with van der Waals surface area (Å²) in [5.74, 6) is -1.36. The third-order valence-corrected chi connectivity index (χ3v) is 8.39. The molecular weight excluding hydrogens is 532 g/mol. The van der Waals surface area contributed by atoms with Crippen molar-refractivity contribution < 1.29 is 17.2 Å². The Labute approximate surface area is 224 Å². The first kappa shape index (κ1) is 26.3. The van der Waals surface area contributed by atoms with Gasteiger partial charge in [0.1, 0.15) is 10.7 Å². The lowest BCUT2D eigenvalue weighted by atomic mass is 9.97. The second kappa shape index (κ2) is 10.8. The third kappa shape index (κ3) is 5.29. The van der Waals surface area contributed by atoms with Crippen LogP contribution in [0.3, 0.4) is 0 Å². The van der Waals surface area contributed by atoms with Crippen LogP contribution in [-0.2, 0) is 16.4 Å². The zero-order valence-electron chi connectivity index (χ0n) is 20.6. The summed E-state index contributed by atoms with van der Waals surface area (Å²) in [7, 11) is -4.22. The average molecular weight is 558 g/mol. The first-order valence-corrected chi connectivity index (χ1v) is 14.2. The molecule has 0 saturated carbocycles. The second-order valence-corrected chi connectivity index (χ2v) is 11.2. The minimum Gasteiger partial charge on any atom is -0.350 e. The van der Waals surface area contributed by atoms with Gasteiger partial charge in [0.15, 0.2) is 5.82 Å². The highest BCUT2D eigenvalue weighted by atomic mass is 35.5. The van der Waals surface area contributed by atoms with Crippen LogP contribution in [0.15, 0.2) is 59.6 Å². The maximum absolute atomic E-state index is 15.7. The molecule has 1 saturated heterocycles. The van der Waals surface area contributed by atoms with Crippen molar-refractivity contribution >= 4 is 44.2 Å². The average Bonchev–Trinajstić information content (AvgIpc) is 2.91. The van der Waals surface area contributed by atoms with Crippen LogP contribution < -0.4 is 15.4 Å². The molecule has 0 radical (unpaired) electrons. The predicted octanol–water partition coefficient (Wildman–Crippen LogP) is 5.76. The van der Waals surface area contributed by atoms with E-state index in [1.54, 1.807) is 24.4 Å². The maximum atomic E-state index is 15.7. The van der Waals surface area contributed by atoms with E-state index in [2.05, 4.69) is 25.3 Å². The molecule has 4 aromatic rings. The Bertz CT molecular complexity index is 1610. The summed E-state index contributed by atoms with van der Waals surface area (Å²) >= 11 is 6.03. The molecule has 0 bridgehead atoms. The molecule has 1 fully saturated rings.